The van der Waals surface area contributed by atoms with Gasteiger partial charge in [0.25, 0.3) is 6.43 Å². The SMILES string of the molecule is COc1c(C(F)F)cc(F)cc1C(CN)C(=O)O. The summed E-state index contributed by atoms with van der Waals surface area (Å²) in [5, 5.41) is 8.92. The number of hydrogen-bond donors (Lipinski definition) is 2. The zero-order valence-corrected chi connectivity index (χ0v) is 9.49. The number of carbonyl (C=O) groups is 1. The maximum Gasteiger partial charge on any atom is 0.312 e. The molecular weight excluding hydrogens is 251 g/mol. The Morgan fingerprint density at radius 1 is 1.44 bits per heavy atom. The fourth-order valence-corrected chi connectivity index (χ4v) is 1.65. The number of rotatable bonds is 5. The summed E-state index contributed by atoms with van der Waals surface area (Å²) >= 11 is 0. The number of halogens is 3. The predicted molar refractivity (Wildman–Crippen MR) is 57.3 cm³/mol. The Kier molecular flexibility index (Phi) is 4.55. The smallest absolute Gasteiger partial charge is 0.312 e. The van der Waals surface area contributed by atoms with Crippen LogP contribution in [0.3, 0.4) is 0 Å². The molecule has 0 saturated heterocycles. The van der Waals surface area contributed by atoms with Crippen LogP contribution in [0.5, 0.6) is 5.75 Å². The maximum absolute atomic E-state index is 13.2. The number of carboxylic acid groups (broad SMARTS) is 1. The van der Waals surface area contributed by atoms with Gasteiger partial charge in [0.15, 0.2) is 0 Å². The van der Waals surface area contributed by atoms with Crippen molar-refractivity contribution in [3.8, 4) is 5.75 Å². The Morgan fingerprint density at radius 2 is 2.00 bits per heavy atom. The van der Waals surface area contributed by atoms with Crippen molar-refractivity contribution in [3.63, 3.8) is 0 Å². The highest BCUT2D eigenvalue weighted by atomic mass is 19.3. The number of ether oxygens (including phenoxy) is 1. The van der Waals surface area contributed by atoms with E-state index in [4.69, 9.17) is 15.6 Å². The molecule has 0 aliphatic rings. The van der Waals surface area contributed by atoms with Crippen LogP contribution >= 0.6 is 0 Å². The van der Waals surface area contributed by atoms with Crippen LogP contribution < -0.4 is 10.5 Å². The van der Waals surface area contributed by atoms with Crippen molar-refractivity contribution in [2.75, 3.05) is 13.7 Å². The van der Waals surface area contributed by atoms with Gasteiger partial charge in [-0.25, -0.2) is 13.2 Å². The summed E-state index contributed by atoms with van der Waals surface area (Å²) in [6, 6.07) is 1.46. The molecule has 0 bridgehead atoms. The first-order chi connectivity index (χ1) is 8.42. The van der Waals surface area contributed by atoms with Gasteiger partial charge < -0.3 is 15.6 Å². The van der Waals surface area contributed by atoms with E-state index in [0.29, 0.717) is 6.07 Å². The quantitative estimate of drug-likeness (QED) is 0.851. The largest absolute Gasteiger partial charge is 0.496 e. The second kappa shape index (κ2) is 5.72. The molecule has 1 atom stereocenters. The second-order valence-corrected chi connectivity index (χ2v) is 3.54. The summed E-state index contributed by atoms with van der Waals surface area (Å²) in [7, 11) is 1.11. The summed E-state index contributed by atoms with van der Waals surface area (Å²) in [5.74, 6) is -3.93. The monoisotopic (exact) mass is 263 g/mol. The van der Waals surface area contributed by atoms with Crippen LogP contribution in [0, 0.1) is 5.82 Å². The lowest BCUT2D eigenvalue weighted by Gasteiger charge is -2.17. The number of nitrogens with two attached hydrogens (primary N) is 1. The molecule has 18 heavy (non-hydrogen) atoms. The maximum atomic E-state index is 13.2. The number of methoxy groups -OCH3 is 1. The highest BCUT2D eigenvalue weighted by molar-refractivity contribution is 5.78. The molecule has 3 N–H and O–H groups in total. The molecule has 0 radical (unpaired) electrons. The van der Waals surface area contributed by atoms with Gasteiger partial charge in [-0.1, -0.05) is 0 Å². The molecule has 1 rings (SSSR count). The molecule has 0 heterocycles. The molecule has 1 aromatic rings. The zero-order chi connectivity index (χ0) is 13.9. The molecule has 0 aliphatic carbocycles. The minimum Gasteiger partial charge on any atom is -0.496 e. The third-order valence-electron chi connectivity index (χ3n) is 2.46. The van der Waals surface area contributed by atoms with E-state index in [1.54, 1.807) is 0 Å². The van der Waals surface area contributed by atoms with Gasteiger partial charge in [-0.05, 0) is 12.1 Å². The van der Waals surface area contributed by atoms with E-state index in [2.05, 4.69) is 0 Å². The van der Waals surface area contributed by atoms with Crippen molar-refractivity contribution >= 4 is 5.97 Å². The Bertz CT molecular complexity index is 451. The number of aliphatic carboxylic acids is 1. The van der Waals surface area contributed by atoms with Crippen LogP contribution in [-0.2, 0) is 4.79 Å². The van der Waals surface area contributed by atoms with Crippen LogP contribution in [0.15, 0.2) is 12.1 Å². The number of alkyl halides is 2. The van der Waals surface area contributed by atoms with Gasteiger partial charge in [-0.3, -0.25) is 4.79 Å². The molecule has 0 saturated carbocycles. The molecule has 4 nitrogen and oxygen atoms in total. The first kappa shape index (κ1) is 14.3. The van der Waals surface area contributed by atoms with Crippen molar-refractivity contribution in [2.24, 2.45) is 5.73 Å². The van der Waals surface area contributed by atoms with Crippen LogP contribution in [0.2, 0.25) is 0 Å². The highest BCUT2D eigenvalue weighted by Gasteiger charge is 2.27. The topological polar surface area (TPSA) is 72.5 Å². The van der Waals surface area contributed by atoms with Gasteiger partial charge in [-0.2, -0.15) is 0 Å². The Hall–Kier alpha value is -1.76. The summed E-state index contributed by atoms with van der Waals surface area (Å²) in [4.78, 5) is 10.9. The Morgan fingerprint density at radius 3 is 2.39 bits per heavy atom. The van der Waals surface area contributed by atoms with E-state index >= 15 is 0 Å². The number of carboxylic acids is 1. The average Bonchev–Trinajstić information content (AvgIpc) is 2.28. The van der Waals surface area contributed by atoms with Gasteiger partial charge in [0, 0.05) is 12.1 Å². The molecule has 0 aliphatic heterocycles. The average molecular weight is 263 g/mol. The molecule has 0 spiro atoms. The lowest BCUT2D eigenvalue weighted by atomic mass is 9.95. The van der Waals surface area contributed by atoms with Gasteiger partial charge >= 0.3 is 5.97 Å². The highest BCUT2D eigenvalue weighted by Crippen LogP contribution is 2.36. The third kappa shape index (κ3) is 2.73. The molecule has 0 fully saturated rings. The van der Waals surface area contributed by atoms with Crippen molar-refractivity contribution in [2.45, 2.75) is 12.3 Å². The summed E-state index contributed by atoms with van der Waals surface area (Å²) < 4.78 is 43.4. The van der Waals surface area contributed by atoms with E-state index < -0.39 is 29.7 Å². The standard InChI is InChI=1S/C11H12F3NO3/c1-18-9-6(8(4-15)11(16)17)2-5(12)3-7(9)10(13)14/h2-3,8,10H,4,15H2,1H3,(H,16,17). The van der Waals surface area contributed by atoms with Crippen molar-refractivity contribution in [1.29, 1.82) is 0 Å². The summed E-state index contributed by atoms with van der Waals surface area (Å²) in [5.41, 5.74) is 4.38. The van der Waals surface area contributed by atoms with E-state index in [1.165, 1.54) is 0 Å². The van der Waals surface area contributed by atoms with Crippen molar-refractivity contribution in [1.82, 2.24) is 0 Å². The van der Waals surface area contributed by atoms with Gasteiger partial charge in [0.05, 0.1) is 18.6 Å². The summed E-state index contributed by atoms with van der Waals surface area (Å²) in [6.45, 7) is -0.349. The first-order valence-corrected chi connectivity index (χ1v) is 5.00. The predicted octanol–water partition coefficient (Wildman–Crippen LogP) is 1.90. The van der Waals surface area contributed by atoms with Gasteiger partial charge in [0.2, 0.25) is 0 Å². The normalized spacial score (nSPS) is 12.6. The van der Waals surface area contributed by atoms with Gasteiger partial charge in [0.1, 0.15) is 11.6 Å². The Balaban J connectivity index is 3.46. The minimum atomic E-state index is -2.97. The number of benzene rings is 1. The molecular formula is C11H12F3NO3. The lowest BCUT2D eigenvalue weighted by Crippen LogP contribution is -2.22. The Labute approximate surface area is 101 Å². The molecule has 0 aromatic heterocycles. The van der Waals surface area contributed by atoms with Crippen molar-refractivity contribution < 1.29 is 27.8 Å². The second-order valence-electron chi connectivity index (χ2n) is 3.54. The van der Waals surface area contributed by atoms with E-state index in [0.717, 1.165) is 13.2 Å². The number of hydrogen-bond acceptors (Lipinski definition) is 3. The van der Waals surface area contributed by atoms with E-state index in [-0.39, 0.29) is 17.9 Å². The third-order valence-corrected chi connectivity index (χ3v) is 2.46. The van der Waals surface area contributed by atoms with Crippen LogP contribution in [0.1, 0.15) is 23.5 Å². The fourth-order valence-electron chi connectivity index (χ4n) is 1.65. The van der Waals surface area contributed by atoms with Crippen LogP contribution in [-0.4, -0.2) is 24.7 Å². The molecule has 7 heteroatoms. The molecule has 1 unspecified atom stereocenters. The van der Waals surface area contributed by atoms with Crippen LogP contribution in [0.4, 0.5) is 13.2 Å². The zero-order valence-electron chi connectivity index (χ0n) is 9.49. The van der Waals surface area contributed by atoms with Crippen molar-refractivity contribution in [3.05, 3.63) is 29.1 Å². The molecule has 0 amide bonds. The van der Waals surface area contributed by atoms with Gasteiger partial charge in [-0.15, -0.1) is 0 Å². The first-order valence-electron chi connectivity index (χ1n) is 5.00. The van der Waals surface area contributed by atoms with E-state index in [1.807, 2.05) is 0 Å². The minimum absolute atomic E-state index is 0.192. The summed E-state index contributed by atoms with van der Waals surface area (Å²) in [6.07, 6.45) is -2.97. The lowest BCUT2D eigenvalue weighted by molar-refractivity contribution is -0.138. The van der Waals surface area contributed by atoms with E-state index in [9.17, 15) is 18.0 Å². The molecule has 1 aromatic carbocycles. The molecule has 100 valence electrons. The fraction of sp³-hybridized carbons (Fsp3) is 0.364. The van der Waals surface area contributed by atoms with Crippen LogP contribution in [0.25, 0.3) is 0 Å².